The molecule has 0 fully saturated rings. The van der Waals surface area contributed by atoms with Crippen molar-refractivity contribution in [3.05, 3.63) is 65.0 Å². The van der Waals surface area contributed by atoms with Crippen molar-refractivity contribution < 1.29 is 14.1 Å². The lowest BCUT2D eigenvalue weighted by atomic mass is 10.1. The van der Waals surface area contributed by atoms with Crippen molar-refractivity contribution >= 4 is 17.5 Å². The first kappa shape index (κ1) is 17.9. The normalized spacial score (nSPS) is 10.6. The molecule has 3 aromatic rings. The Hall–Kier alpha value is -2.86. The van der Waals surface area contributed by atoms with E-state index in [0.717, 1.165) is 11.1 Å². The topological polar surface area (TPSA) is 68.5 Å². The summed E-state index contributed by atoms with van der Waals surface area (Å²) in [5.74, 6) is 1.43. The average molecular weight is 372 g/mol. The summed E-state index contributed by atoms with van der Waals surface area (Å²) in [6.45, 7) is 0.222. The smallest absolute Gasteiger partial charge is 0.246 e. The van der Waals surface area contributed by atoms with Crippen LogP contribution in [0, 0.1) is 0 Å². The van der Waals surface area contributed by atoms with Crippen molar-refractivity contribution in [3.63, 3.8) is 0 Å². The molecule has 2 aromatic carbocycles. The van der Waals surface area contributed by atoms with Gasteiger partial charge in [-0.25, -0.2) is 0 Å². The molecule has 1 heterocycles. The first-order valence-corrected chi connectivity index (χ1v) is 8.39. The van der Waals surface area contributed by atoms with Gasteiger partial charge in [-0.1, -0.05) is 47.1 Å². The third-order valence-corrected chi connectivity index (χ3v) is 4.26. The van der Waals surface area contributed by atoms with Gasteiger partial charge in [0.05, 0.1) is 20.1 Å². The molecule has 3 rings (SSSR count). The van der Waals surface area contributed by atoms with Gasteiger partial charge < -0.3 is 14.2 Å². The van der Waals surface area contributed by atoms with Gasteiger partial charge in [0.1, 0.15) is 5.75 Å². The van der Waals surface area contributed by atoms with E-state index >= 15 is 0 Å². The summed E-state index contributed by atoms with van der Waals surface area (Å²) < 4.78 is 10.5. The second-order valence-electron chi connectivity index (χ2n) is 5.76. The highest BCUT2D eigenvalue weighted by Crippen LogP contribution is 2.21. The van der Waals surface area contributed by atoms with Crippen LogP contribution >= 0.6 is 11.6 Å². The maximum atomic E-state index is 12.4. The van der Waals surface area contributed by atoms with Crippen LogP contribution in [0.15, 0.2) is 53.1 Å². The van der Waals surface area contributed by atoms with E-state index in [0.29, 0.717) is 22.5 Å². The first-order valence-electron chi connectivity index (χ1n) is 8.01. The molecule has 0 aliphatic heterocycles. The second-order valence-corrected chi connectivity index (χ2v) is 6.17. The summed E-state index contributed by atoms with van der Waals surface area (Å²) in [7, 11) is 3.29. The fourth-order valence-corrected chi connectivity index (χ4v) is 2.63. The van der Waals surface area contributed by atoms with Crippen molar-refractivity contribution in [1.82, 2.24) is 15.0 Å². The molecule has 0 unspecified atom stereocenters. The SMILES string of the molecule is COc1cccc(-c2noc(CN(C)C(=O)Cc3ccccc3Cl)n2)c1. The summed E-state index contributed by atoms with van der Waals surface area (Å²) in [4.78, 5) is 18.3. The molecule has 0 saturated carbocycles. The maximum Gasteiger partial charge on any atom is 0.246 e. The predicted octanol–water partition coefficient (Wildman–Crippen LogP) is 3.60. The van der Waals surface area contributed by atoms with E-state index in [1.54, 1.807) is 20.2 Å². The average Bonchev–Trinajstić information content (AvgIpc) is 3.12. The Morgan fingerprint density at radius 2 is 2.04 bits per heavy atom. The van der Waals surface area contributed by atoms with Crippen molar-refractivity contribution in [1.29, 1.82) is 0 Å². The van der Waals surface area contributed by atoms with E-state index < -0.39 is 0 Å². The van der Waals surface area contributed by atoms with Gasteiger partial charge in [-0.2, -0.15) is 4.98 Å². The zero-order valence-corrected chi connectivity index (χ0v) is 15.2. The molecule has 134 valence electrons. The number of nitrogens with zero attached hydrogens (tertiary/aromatic N) is 3. The number of methoxy groups -OCH3 is 1. The van der Waals surface area contributed by atoms with E-state index in [4.69, 9.17) is 20.9 Å². The minimum absolute atomic E-state index is 0.0840. The van der Waals surface area contributed by atoms with Gasteiger partial charge >= 0.3 is 0 Å². The summed E-state index contributed by atoms with van der Waals surface area (Å²) in [5.41, 5.74) is 1.57. The molecule has 0 atom stereocenters. The Labute approximate surface area is 156 Å². The highest BCUT2D eigenvalue weighted by atomic mass is 35.5. The number of rotatable bonds is 6. The van der Waals surface area contributed by atoms with Crippen molar-refractivity contribution in [3.8, 4) is 17.1 Å². The van der Waals surface area contributed by atoms with Crippen LogP contribution in [0.25, 0.3) is 11.4 Å². The largest absolute Gasteiger partial charge is 0.497 e. The molecule has 0 aliphatic carbocycles. The lowest BCUT2D eigenvalue weighted by Crippen LogP contribution is -2.27. The number of likely N-dealkylation sites (N-methyl/N-ethyl adjacent to an activating group) is 1. The van der Waals surface area contributed by atoms with Gasteiger partial charge in [0.25, 0.3) is 0 Å². The highest BCUT2D eigenvalue weighted by Gasteiger charge is 2.16. The van der Waals surface area contributed by atoms with Crippen LogP contribution in [-0.2, 0) is 17.8 Å². The molecular formula is C19H18ClN3O3. The number of halogens is 1. The van der Waals surface area contributed by atoms with E-state index in [2.05, 4.69) is 10.1 Å². The van der Waals surface area contributed by atoms with Crippen LogP contribution in [0.4, 0.5) is 0 Å². The molecular weight excluding hydrogens is 354 g/mol. The molecule has 6 nitrogen and oxygen atoms in total. The number of amides is 1. The first-order chi connectivity index (χ1) is 12.6. The number of carbonyl (C=O) groups is 1. The molecule has 0 N–H and O–H groups in total. The Kier molecular flexibility index (Phi) is 5.53. The fraction of sp³-hybridized carbons (Fsp3) is 0.211. The summed E-state index contributed by atoms with van der Waals surface area (Å²) in [6, 6.07) is 14.7. The number of hydrogen-bond donors (Lipinski definition) is 0. The van der Waals surface area contributed by atoms with Gasteiger partial charge in [0.2, 0.25) is 17.6 Å². The van der Waals surface area contributed by atoms with Gasteiger partial charge in [0, 0.05) is 17.6 Å². The maximum absolute atomic E-state index is 12.4. The molecule has 0 spiro atoms. The second kappa shape index (κ2) is 8.01. The van der Waals surface area contributed by atoms with Crippen LogP contribution in [0.5, 0.6) is 5.75 Å². The van der Waals surface area contributed by atoms with Crippen molar-refractivity contribution in [2.24, 2.45) is 0 Å². The molecule has 0 radical (unpaired) electrons. The van der Waals surface area contributed by atoms with E-state index in [-0.39, 0.29) is 18.9 Å². The Balaban J connectivity index is 1.66. The summed E-state index contributed by atoms with van der Waals surface area (Å²) in [6.07, 6.45) is 0.215. The van der Waals surface area contributed by atoms with Crippen LogP contribution in [-0.4, -0.2) is 35.1 Å². The minimum atomic E-state index is -0.0840. The van der Waals surface area contributed by atoms with Crippen LogP contribution in [0.2, 0.25) is 5.02 Å². The van der Waals surface area contributed by atoms with Gasteiger partial charge in [-0.3, -0.25) is 4.79 Å². The van der Waals surface area contributed by atoms with E-state index in [9.17, 15) is 4.79 Å². The summed E-state index contributed by atoms with van der Waals surface area (Å²) in [5, 5.41) is 4.55. The molecule has 0 aliphatic rings. The Morgan fingerprint density at radius 1 is 1.23 bits per heavy atom. The number of aromatic nitrogens is 2. The van der Waals surface area contributed by atoms with Crippen LogP contribution in [0.3, 0.4) is 0 Å². The lowest BCUT2D eigenvalue weighted by Gasteiger charge is -2.15. The molecule has 0 saturated heterocycles. The van der Waals surface area contributed by atoms with Gasteiger partial charge in [-0.15, -0.1) is 0 Å². The van der Waals surface area contributed by atoms with Crippen LogP contribution < -0.4 is 4.74 Å². The zero-order valence-electron chi connectivity index (χ0n) is 14.5. The zero-order chi connectivity index (χ0) is 18.5. The fourth-order valence-electron chi connectivity index (χ4n) is 2.43. The molecule has 26 heavy (non-hydrogen) atoms. The lowest BCUT2D eigenvalue weighted by molar-refractivity contribution is -0.130. The molecule has 1 aromatic heterocycles. The van der Waals surface area contributed by atoms with Crippen molar-refractivity contribution in [2.75, 3.05) is 14.2 Å². The Bertz CT molecular complexity index is 910. The molecule has 1 amide bonds. The van der Waals surface area contributed by atoms with Gasteiger partial charge in [-0.05, 0) is 23.8 Å². The van der Waals surface area contributed by atoms with E-state index in [1.165, 1.54) is 4.90 Å². The quantitative estimate of drug-likeness (QED) is 0.662. The number of hydrogen-bond acceptors (Lipinski definition) is 5. The predicted molar refractivity (Wildman–Crippen MR) is 97.9 cm³/mol. The third kappa shape index (κ3) is 4.21. The minimum Gasteiger partial charge on any atom is -0.497 e. The highest BCUT2D eigenvalue weighted by molar-refractivity contribution is 6.31. The van der Waals surface area contributed by atoms with Crippen molar-refractivity contribution in [2.45, 2.75) is 13.0 Å². The van der Waals surface area contributed by atoms with Crippen LogP contribution in [0.1, 0.15) is 11.5 Å². The molecule has 7 heteroatoms. The number of carbonyl (C=O) groups excluding carboxylic acids is 1. The number of benzene rings is 2. The molecule has 0 bridgehead atoms. The monoisotopic (exact) mass is 371 g/mol. The van der Waals surface area contributed by atoms with Gasteiger partial charge in [0.15, 0.2) is 0 Å². The third-order valence-electron chi connectivity index (χ3n) is 3.89. The number of ether oxygens (including phenoxy) is 1. The standard InChI is InChI=1S/C19H18ClN3O3/c1-23(18(24)11-13-6-3-4-9-16(13)20)12-17-21-19(22-26-17)14-7-5-8-15(10-14)25-2/h3-10H,11-12H2,1-2H3. The van der Waals surface area contributed by atoms with E-state index in [1.807, 2.05) is 42.5 Å². The summed E-state index contributed by atoms with van der Waals surface area (Å²) >= 11 is 6.11. The Morgan fingerprint density at radius 3 is 2.81 bits per heavy atom.